The Labute approximate surface area is 164 Å². The van der Waals surface area contributed by atoms with Gasteiger partial charge in [0.15, 0.2) is 0 Å². The maximum absolute atomic E-state index is 12.9. The lowest BCUT2D eigenvalue weighted by atomic mass is 9.99. The first kappa shape index (κ1) is 18.1. The molecule has 0 bridgehead atoms. The van der Waals surface area contributed by atoms with Gasteiger partial charge in [-0.2, -0.15) is 0 Å². The van der Waals surface area contributed by atoms with Gasteiger partial charge in [0.2, 0.25) is 5.91 Å². The number of piperidine rings is 1. The van der Waals surface area contributed by atoms with E-state index < -0.39 is 0 Å². The summed E-state index contributed by atoms with van der Waals surface area (Å²) in [5.74, 6) is 1.76. The van der Waals surface area contributed by atoms with Crippen molar-refractivity contribution >= 4 is 28.5 Å². The first-order chi connectivity index (χ1) is 13.1. The fourth-order valence-corrected chi connectivity index (χ4v) is 3.94. The summed E-state index contributed by atoms with van der Waals surface area (Å²) in [5.41, 5.74) is 2.94. The molecule has 1 saturated heterocycles. The lowest BCUT2D eigenvalue weighted by Crippen LogP contribution is -2.39. The molecule has 0 atom stereocenters. The predicted octanol–water partition coefficient (Wildman–Crippen LogP) is 4.54. The summed E-state index contributed by atoms with van der Waals surface area (Å²) in [6.07, 6.45) is 2.78. The molecule has 0 radical (unpaired) electrons. The number of hydrogen-bond donors (Lipinski definition) is 0. The van der Waals surface area contributed by atoms with Gasteiger partial charge in [-0.3, -0.25) is 4.79 Å². The fourth-order valence-electron chi connectivity index (χ4n) is 3.74. The third-order valence-corrected chi connectivity index (χ3v) is 5.84. The molecule has 2 heterocycles. The van der Waals surface area contributed by atoms with Crippen molar-refractivity contribution in [1.29, 1.82) is 0 Å². The number of halogens is 1. The van der Waals surface area contributed by atoms with Crippen molar-refractivity contribution in [2.45, 2.75) is 32.7 Å². The normalized spacial score (nSPS) is 15.4. The molecule has 4 nitrogen and oxygen atoms in total. The summed E-state index contributed by atoms with van der Waals surface area (Å²) in [6, 6.07) is 15.8. The van der Waals surface area contributed by atoms with E-state index in [-0.39, 0.29) is 5.91 Å². The maximum Gasteiger partial charge on any atom is 0.242 e. The third-order valence-electron chi connectivity index (χ3n) is 5.47. The van der Waals surface area contributed by atoms with Crippen molar-refractivity contribution in [3.63, 3.8) is 0 Å². The molecule has 4 rings (SSSR count). The molecule has 0 aliphatic carbocycles. The largest absolute Gasteiger partial charge is 0.341 e. The van der Waals surface area contributed by atoms with E-state index in [1.807, 2.05) is 53.4 Å². The van der Waals surface area contributed by atoms with E-state index in [2.05, 4.69) is 11.5 Å². The van der Waals surface area contributed by atoms with Crippen LogP contribution < -0.4 is 0 Å². The average molecular weight is 382 g/mol. The molecule has 27 heavy (non-hydrogen) atoms. The molecule has 0 saturated carbocycles. The molecule has 0 unspecified atom stereocenters. The minimum atomic E-state index is 0.172. The molecule has 3 aromatic rings. The van der Waals surface area contributed by atoms with Gasteiger partial charge in [-0.25, -0.2) is 4.98 Å². The van der Waals surface area contributed by atoms with Gasteiger partial charge < -0.3 is 9.47 Å². The van der Waals surface area contributed by atoms with Crippen molar-refractivity contribution in [2.75, 3.05) is 13.1 Å². The smallest absolute Gasteiger partial charge is 0.242 e. The second-order valence-corrected chi connectivity index (χ2v) is 7.84. The molecule has 1 aliphatic heterocycles. The number of carbonyl (C=O) groups is 1. The second kappa shape index (κ2) is 7.73. The number of aromatic nitrogens is 2. The van der Waals surface area contributed by atoms with Crippen molar-refractivity contribution in [1.82, 2.24) is 14.5 Å². The Bertz CT molecular complexity index is 957. The van der Waals surface area contributed by atoms with Gasteiger partial charge in [-0.15, -0.1) is 0 Å². The van der Waals surface area contributed by atoms with Gasteiger partial charge >= 0.3 is 0 Å². The van der Waals surface area contributed by atoms with Crippen LogP contribution in [-0.2, 0) is 17.8 Å². The number of rotatable bonds is 4. The number of fused-ring (bicyclic) bond motifs is 1. The Balaban J connectivity index is 1.64. The maximum atomic E-state index is 12.9. The van der Waals surface area contributed by atoms with E-state index in [0.29, 0.717) is 18.9 Å². The Morgan fingerprint density at radius 1 is 1.11 bits per heavy atom. The van der Waals surface area contributed by atoms with Gasteiger partial charge in [-0.05, 0) is 42.5 Å². The summed E-state index contributed by atoms with van der Waals surface area (Å²) in [5, 5.41) is 0.729. The van der Waals surface area contributed by atoms with Crippen LogP contribution in [0.4, 0.5) is 0 Å². The van der Waals surface area contributed by atoms with Crippen molar-refractivity contribution in [2.24, 2.45) is 5.92 Å². The standard InChI is InChI=1S/C22H24ClN3O/c1-16-10-12-25(13-11-16)22(27)15-26-20-9-5-4-8-19(20)24-21(26)14-17-6-2-3-7-18(17)23/h2-9,16H,10-15H2,1H3. The van der Waals surface area contributed by atoms with Gasteiger partial charge in [0.05, 0.1) is 11.0 Å². The summed E-state index contributed by atoms with van der Waals surface area (Å²) in [7, 11) is 0. The first-order valence-electron chi connectivity index (χ1n) is 9.57. The Morgan fingerprint density at radius 3 is 2.59 bits per heavy atom. The van der Waals surface area contributed by atoms with Crippen LogP contribution in [0, 0.1) is 5.92 Å². The van der Waals surface area contributed by atoms with Crippen molar-refractivity contribution in [3.05, 3.63) is 64.9 Å². The quantitative estimate of drug-likeness (QED) is 0.665. The first-order valence-corrected chi connectivity index (χ1v) is 9.95. The molecule has 0 N–H and O–H groups in total. The van der Waals surface area contributed by atoms with Crippen LogP contribution in [0.2, 0.25) is 5.02 Å². The molecule has 2 aromatic carbocycles. The van der Waals surface area contributed by atoms with Crippen LogP contribution in [0.3, 0.4) is 0 Å². The van der Waals surface area contributed by atoms with E-state index in [0.717, 1.165) is 53.4 Å². The number of para-hydroxylation sites is 2. The zero-order valence-corrected chi connectivity index (χ0v) is 16.3. The van der Waals surface area contributed by atoms with Crippen LogP contribution in [0.15, 0.2) is 48.5 Å². The summed E-state index contributed by atoms with van der Waals surface area (Å²) in [6.45, 7) is 4.29. The predicted molar refractivity (Wildman–Crippen MR) is 109 cm³/mol. The summed E-state index contributed by atoms with van der Waals surface area (Å²) >= 11 is 6.35. The summed E-state index contributed by atoms with van der Waals surface area (Å²) in [4.78, 5) is 19.7. The highest BCUT2D eigenvalue weighted by molar-refractivity contribution is 6.31. The minimum Gasteiger partial charge on any atom is -0.341 e. The lowest BCUT2D eigenvalue weighted by Gasteiger charge is -2.30. The monoisotopic (exact) mass is 381 g/mol. The third kappa shape index (κ3) is 3.86. The van der Waals surface area contributed by atoms with E-state index in [1.165, 1.54) is 0 Å². The van der Waals surface area contributed by atoms with Gasteiger partial charge in [0.25, 0.3) is 0 Å². The minimum absolute atomic E-state index is 0.172. The van der Waals surface area contributed by atoms with E-state index in [1.54, 1.807) is 0 Å². The number of imidazole rings is 1. The number of benzene rings is 2. The highest BCUT2D eigenvalue weighted by Gasteiger charge is 2.22. The molecule has 140 valence electrons. The van der Waals surface area contributed by atoms with Gasteiger partial charge in [0, 0.05) is 24.5 Å². The molecule has 1 amide bonds. The molecule has 5 heteroatoms. The number of nitrogens with zero attached hydrogens (tertiary/aromatic N) is 3. The SMILES string of the molecule is CC1CCN(C(=O)Cn2c(Cc3ccccc3Cl)nc3ccccc32)CC1. The average Bonchev–Trinajstić information content (AvgIpc) is 3.01. The number of amides is 1. The lowest BCUT2D eigenvalue weighted by molar-refractivity contribution is -0.133. The van der Waals surface area contributed by atoms with Crippen LogP contribution in [0.25, 0.3) is 11.0 Å². The van der Waals surface area contributed by atoms with E-state index >= 15 is 0 Å². The fraction of sp³-hybridized carbons (Fsp3) is 0.364. The Hall–Kier alpha value is -2.33. The highest BCUT2D eigenvalue weighted by atomic mass is 35.5. The van der Waals surface area contributed by atoms with E-state index in [9.17, 15) is 4.79 Å². The van der Waals surface area contributed by atoms with Crippen LogP contribution >= 0.6 is 11.6 Å². The van der Waals surface area contributed by atoms with E-state index in [4.69, 9.17) is 16.6 Å². The van der Waals surface area contributed by atoms with Crippen molar-refractivity contribution < 1.29 is 4.79 Å². The second-order valence-electron chi connectivity index (χ2n) is 7.43. The number of likely N-dealkylation sites (tertiary alicyclic amines) is 1. The van der Waals surface area contributed by atoms with Crippen LogP contribution in [0.5, 0.6) is 0 Å². The van der Waals surface area contributed by atoms with Crippen molar-refractivity contribution in [3.8, 4) is 0 Å². The Kier molecular flexibility index (Phi) is 5.17. The zero-order valence-electron chi connectivity index (χ0n) is 15.6. The molecule has 1 fully saturated rings. The molecule has 0 spiro atoms. The highest BCUT2D eigenvalue weighted by Crippen LogP contribution is 2.23. The zero-order chi connectivity index (χ0) is 18.8. The Morgan fingerprint density at radius 2 is 1.81 bits per heavy atom. The number of carbonyl (C=O) groups excluding carboxylic acids is 1. The van der Waals surface area contributed by atoms with Gasteiger partial charge in [0.1, 0.15) is 12.4 Å². The van der Waals surface area contributed by atoms with Crippen LogP contribution in [0.1, 0.15) is 31.2 Å². The number of hydrogen-bond acceptors (Lipinski definition) is 2. The van der Waals surface area contributed by atoms with Crippen LogP contribution in [-0.4, -0.2) is 33.4 Å². The topological polar surface area (TPSA) is 38.1 Å². The molecular weight excluding hydrogens is 358 g/mol. The van der Waals surface area contributed by atoms with Gasteiger partial charge in [-0.1, -0.05) is 48.9 Å². The molecular formula is C22H24ClN3O. The summed E-state index contributed by atoms with van der Waals surface area (Å²) < 4.78 is 2.05. The molecule has 1 aromatic heterocycles. The molecule has 1 aliphatic rings.